The van der Waals surface area contributed by atoms with Crippen LogP contribution >= 0.6 is 23.4 Å². The van der Waals surface area contributed by atoms with Gasteiger partial charge in [0.2, 0.25) is 5.91 Å². The van der Waals surface area contributed by atoms with E-state index in [1.165, 1.54) is 15.8 Å². The zero-order valence-corrected chi connectivity index (χ0v) is 16.0. The van der Waals surface area contributed by atoms with Gasteiger partial charge in [0.1, 0.15) is 6.54 Å². The number of carbonyl (C=O) groups is 1. The molecule has 0 radical (unpaired) electrons. The van der Waals surface area contributed by atoms with Gasteiger partial charge in [-0.2, -0.15) is 0 Å². The molecule has 0 saturated carbocycles. The molecule has 134 valence electrons. The molecule has 0 aliphatic heterocycles. The summed E-state index contributed by atoms with van der Waals surface area (Å²) in [6.07, 6.45) is 3.42. The lowest BCUT2D eigenvalue weighted by molar-refractivity contribution is -0.131. The normalized spacial score (nSPS) is 10.9. The van der Waals surface area contributed by atoms with Gasteiger partial charge in [0.25, 0.3) is 5.56 Å². The lowest BCUT2D eigenvalue weighted by atomic mass is 10.2. The average Bonchev–Trinajstić information content (AvgIpc) is 2.65. The Morgan fingerprint density at radius 3 is 2.65 bits per heavy atom. The van der Waals surface area contributed by atoms with E-state index < -0.39 is 0 Å². The molecule has 1 heterocycles. The van der Waals surface area contributed by atoms with Crippen LogP contribution in [0.15, 0.2) is 58.5 Å². The van der Waals surface area contributed by atoms with Crippen molar-refractivity contribution in [2.45, 2.75) is 18.0 Å². The molecule has 3 aromatic rings. The second-order valence-corrected chi connectivity index (χ2v) is 7.25. The van der Waals surface area contributed by atoms with Gasteiger partial charge in [0, 0.05) is 23.5 Å². The van der Waals surface area contributed by atoms with Crippen LogP contribution < -0.4 is 5.56 Å². The molecule has 0 spiro atoms. The first-order chi connectivity index (χ1) is 12.5. The number of benzene rings is 2. The van der Waals surface area contributed by atoms with E-state index in [4.69, 9.17) is 11.6 Å². The van der Waals surface area contributed by atoms with Crippen LogP contribution in [-0.4, -0.2) is 33.7 Å². The third-order valence-corrected chi connectivity index (χ3v) is 5.07. The van der Waals surface area contributed by atoms with E-state index in [1.807, 2.05) is 30.5 Å². The minimum absolute atomic E-state index is 0.0618. The summed E-state index contributed by atoms with van der Waals surface area (Å²) in [5, 5.41) is 0.870. The standard InChI is InChI=1S/C19H18ClN3O2S/c1-22(10-13-3-6-15(26-2)7-4-13)18(24)11-23-12-21-17-8-5-14(20)9-16(17)19(23)25/h3-9,12H,10-11H2,1-2H3. The van der Waals surface area contributed by atoms with Crippen LogP contribution in [0.5, 0.6) is 0 Å². The minimum Gasteiger partial charge on any atom is -0.340 e. The van der Waals surface area contributed by atoms with Crippen molar-refractivity contribution in [2.24, 2.45) is 0 Å². The second kappa shape index (κ2) is 7.93. The number of aromatic nitrogens is 2. The fraction of sp³-hybridized carbons (Fsp3) is 0.211. The van der Waals surface area contributed by atoms with Gasteiger partial charge in [-0.3, -0.25) is 14.2 Å². The summed E-state index contributed by atoms with van der Waals surface area (Å²) in [7, 11) is 1.72. The first-order valence-corrected chi connectivity index (χ1v) is 9.60. The monoisotopic (exact) mass is 387 g/mol. The molecule has 0 bridgehead atoms. The molecule has 1 aromatic heterocycles. The van der Waals surface area contributed by atoms with Crippen molar-refractivity contribution in [1.29, 1.82) is 0 Å². The van der Waals surface area contributed by atoms with Crippen LogP contribution in [0.4, 0.5) is 0 Å². The molecular weight excluding hydrogens is 370 g/mol. The summed E-state index contributed by atoms with van der Waals surface area (Å²) in [5.74, 6) is -0.163. The van der Waals surface area contributed by atoms with Gasteiger partial charge in [0.05, 0.1) is 17.2 Å². The van der Waals surface area contributed by atoms with E-state index in [0.29, 0.717) is 22.5 Å². The highest BCUT2D eigenvalue weighted by Crippen LogP contribution is 2.16. The first-order valence-electron chi connectivity index (χ1n) is 7.99. The molecule has 0 saturated heterocycles. The van der Waals surface area contributed by atoms with Gasteiger partial charge in [-0.1, -0.05) is 23.7 Å². The summed E-state index contributed by atoms with van der Waals surface area (Å²) in [6, 6.07) is 13.0. The number of carbonyl (C=O) groups excluding carboxylic acids is 1. The van der Waals surface area contributed by atoms with Crippen molar-refractivity contribution >= 4 is 40.2 Å². The zero-order chi connectivity index (χ0) is 18.7. The molecule has 7 heteroatoms. The van der Waals surface area contributed by atoms with Gasteiger partial charge in [-0.05, 0) is 42.2 Å². The van der Waals surface area contributed by atoms with E-state index >= 15 is 0 Å². The van der Waals surface area contributed by atoms with Gasteiger partial charge < -0.3 is 4.90 Å². The lowest BCUT2D eigenvalue weighted by Crippen LogP contribution is -2.33. The van der Waals surface area contributed by atoms with Gasteiger partial charge in [-0.25, -0.2) is 4.98 Å². The van der Waals surface area contributed by atoms with Crippen molar-refractivity contribution in [3.05, 3.63) is 69.7 Å². The highest BCUT2D eigenvalue weighted by molar-refractivity contribution is 7.98. The number of fused-ring (bicyclic) bond motifs is 1. The highest BCUT2D eigenvalue weighted by Gasteiger charge is 2.13. The summed E-state index contributed by atoms with van der Waals surface area (Å²) in [4.78, 5) is 32.1. The molecule has 3 rings (SSSR count). The smallest absolute Gasteiger partial charge is 0.261 e. The van der Waals surface area contributed by atoms with Gasteiger partial charge in [-0.15, -0.1) is 11.8 Å². The number of likely N-dealkylation sites (N-methyl/N-ethyl adjacent to an activating group) is 1. The fourth-order valence-electron chi connectivity index (χ4n) is 2.60. The number of hydrogen-bond acceptors (Lipinski definition) is 4. The molecule has 0 unspecified atom stereocenters. The van der Waals surface area contributed by atoms with Crippen LogP contribution in [0.1, 0.15) is 5.56 Å². The Kier molecular flexibility index (Phi) is 5.64. The molecule has 0 atom stereocenters. The molecular formula is C19H18ClN3O2S. The number of thioether (sulfide) groups is 1. The molecule has 0 aliphatic carbocycles. The Morgan fingerprint density at radius 1 is 1.23 bits per heavy atom. The van der Waals surface area contributed by atoms with Crippen molar-refractivity contribution < 1.29 is 4.79 Å². The fourth-order valence-corrected chi connectivity index (χ4v) is 3.18. The number of hydrogen-bond donors (Lipinski definition) is 0. The predicted octanol–water partition coefficient (Wildman–Crippen LogP) is 3.43. The summed E-state index contributed by atoms with van der Waals surface area (Å²) < 4.78 is 1.31. The maximum Gasteiger partial charge on any atom is 0.261 e. The van der Waals surface area contributed by atoms with Crippen LogP contribution in [0.25, 0.3) is 10.9 Å². The Hall–Kier alpha value is -2.31. The summed E-state index contributed by atoms with van der Waals surface area (Å²) in [6.45, 7) is 0.419. The van der Waals surface area contributed by atoms with Crippen LogP contribution in [0.2, 0.25) is 5.02 Å². The van der Waals surface area contributed by atoms with Crippen molar-refractivity contribution in [1.82, 2.24) is 14.5 Å². The number of rotatable bonds is 5. The molecule has 0 N–H and O–H groups in total. The van der Waals surface area contributed by atoms with E-state index in [1.54, 1.807) is 41.9 Å². The Labute approximate surface area is 160 Å². The number of nitrogens with zero attached hydrogens (tertiary/aromatic N) is 3. The average molecular weight is 388 g/mol. The maximum atomic E-state index is 12.6. The van der Waals surface area contributed by atoms with Crippen molar-refractivity contribution in [2.75, 3.05) is 13.3 Å². The van der Waals surface area contributed by atoms with Crippen LogP contribution in [0, 0.1) is 0 Å². The summed E-state index contributed by atoms with van der Waals surface area (Å²) in [5.41, 5.74) is 1.32. The topological polar surface area (TPSA) is 55.2 Å². The molecule has 1 amide bonds. The molecule has 2 aromatic carbocycles. The zero-order valence-electron chi connectivity index (χ0n) is 14.5. The third-order valence-electron chi connectivity index (χ3n) is 4.10. The Balaban J connectivity index is 1.75. The SMILES string of the molecule is CSc1ccc(CN(C)C(=O)Cn2cnc3ccc(Cl)cc3c2=O)cc1. The van der Waals surface area contributed by atoms with Crippen molar-refractivity contribution in [3.8, 4) is 0 Å². The number of amides is 1. The Bertz CT molecular complexity index is 1000. The van der Waals surface area contributed by atoms with Gasteiger partial charge in [0.15, 0.2) is 0 Å². The van der Waals surface area contributed by atoms with Crippen molar-refractivity contribution in [3.63, 3.8) is 0 Å². The van der Waals surface area contributed by atoms with Gasteiger partial charge >= 0.3 is 0 Å². The molecule has 0 fully saturated rings. The first kappa shape index (κ1) is 18.5. The quantitative estimate of drug-likeness (QED) is 0.629. The summed E-state index contributed by atoms with van der Waals surface area (Å²) >= 11 is 7.63. The molecule has 5 nitrogen and oxygen atoms in total. The van der Waals surface area contributed by atoms with E-state index in [2.05, 4.69) is 4.98 Å². The maximum absolute atomic E-state index is 12.6. The van der Waals surface area contributed by atoms with Crippen LogP contribution in [0.3, 0.4) is 0 Å². The minimum atomic E-state index is -0.274. The van der Waals surface area contributed by atoms with E-state index in [-0.39, 0.29) is 18.0 Å². The van der Waals surface area contributed by atoms with E-state index in [0.717, 1.165) is 5.56 Å². The number of halogens is 1. The third kappa shape index (κ3) is 4.08. The Morgan fingerprint density at radius 2 is 1.96 bits per heavy atom. The second-order valence-electron chi connectivity index (χ2n) is 5.94. The molecule has 26 heavy (non-hydrogen) atoms. The predicted molar refractivity (Wildman–Crippen MR) is 106 cm³/mol. The molecule has 0 aliphatic rings. The largest absolute Gasteiger partial charge is 0.340 e. The lowest BCUT2D eigenvalue weighted by Gasteiger charge is -2.18. The highest BCUT2D eigenvalue weighted by atomic mass is 35.5. The van der Waals surface area contributed by atoms with E-state index in [9.17, 15) is 9.59 Å². The van der Waals surface area contributed by atoms with Crippen LogP contribution in [-0.2, 0) is 17.9 Å².